The number of nitrogens with one attached hydrogen (secondary N) is 1. The van der Waals surface area contributed by atoms with Gasteiger partial charge in [0, 0.05) is 6.42 Å². The number of quaternary nitrogens is 1. The molecule has 1 amide bonds. The molecule has 3 unspecified atom stereocenters. The van der Waals surface area contributed by atoms with Crippen LogP contribution in [0.2, 0.25) is 0 Å². The summed E-state index contributed by atoms with van der Waals surface area (Å²) < 4.78 is 23.1. The van der Waals surface area contributed by atoms with Crippen molar-refractivity contribution in [1.82, 2.24) is 5.32 Å². The SMILES string of the molecule is CCCCC/C=C\C/C=C\C/C=C\CC(O)C(O)CCCC(=O)N[C@@H](COP(=O)([O-])OCC[N+](C)(C)C)[C@H](O)CCCCCCCCCCCCCCC. The third-order valence-electron chi connectivity index (χ3n) is 9.58. The summed E-state index contributed by atoms with van der Waals surface area (Å²) >= 11 is 0. The summed E-state index contributed by atoms with van der Waals surface area (Å²) in [4.78, 5) is 25.3. The Kier molecular flexibility index (Phi) is 34.0. The molecule has 0 bridgehead atoms. The van der Waals surface area contributed by atoms with Gasteiger partial charge in [0.25, 0.3) is 7.82 Å². The predicted octanol–water partition coefficient (Wildman–Crippen LogP) is 8.83. The minimum Gasteiger partial charge on any atom is -0.756 e. The van der Waals surface area contributed by atoms with E-state index in [0.29, 0.717) is 30.3 Å². The highest BCUT2D eigenvalue weighted by atomic mass is 31.2. The van der Waals surface area contributed by atoms with Crippen molar-refractivity contribution < 1.29 is 43.1 Å². The van der Waals surface area contributed by atoms with Crippen LogP contribution in [0.1, 0.15) is 168 Å². The molecule has 318 valence electrons. The number of aliphatic hydroxyl groups excluding tert-OH is 3. The molecule has 4 N–H and O–H groups in total. The summed E-state index contributed by atoms with van der Waals surface area (Å²) in [6.07, 6.45) is 33.1. The van der Waals surface area contributed by atoms with Gasteiger partial charge in [-0.25, -0.2) is 0 Å². The second-order valence-corrected chi connectivity index (χ2v) is 17.4. The zero-order chi connectivity index (χ0) is 40.3. The topological polar surface area (TPSA) is 148 Å². The van der Waals surface area contributed by atoms with E-state index in [2.05, 4.69) is 43.5 Å². The van der Waals surface area contributed by atoms with Crippen molar-refractivity contribution in [3.8, 4) is 0 Å². The van der Waals surface area contributed by atoms with Crippen LogP contribution in [0.4, 0.5) is 0 Å². The number of likely N-dealkylation sites (N-methyl/N-ethyl adjacent to an activating group) is 1. The molecule has 0 saturated carbocycles. The number of phosphoric acid groups is 1. The van der Waals surface area contributed by atoms with E-state index >= 15 is 0 Å². The molecule has 0 aromatic heterocycles. The summed E-state index contributed by atoms with van der Waals surface area (Å²) in [5.41, 5.74) is 0. The molecule has 0 fully saturated rings. The number of unbranched alkanes of at least 4 members (excludes halogenated alkanes) is 15. The van der Waals surface area contributed by atoms with Crippen LogP contribution in [0.15, 0.2) is 36.5 Å². The Morgan fingerprint density at radius 2 is 1.17 bits per heavy atom. The predicted molar refractivity (Wildman–Crippen MR) is 222 cm³/mol. The van der Waals surface area contributed by atoms with Crippen LogP contribution < -0.4 is 10.2 Å². The lowest BCUT2D eigenvalue weighted by molar-refractivity contribution is -0.870. The molecule has 11 heteroatoms. The van der Waals surface area contributed by atoms with E-state index < -0.39 is 38.8 Å². The molecule has 0 spiro atoms. The fraction of sp³-hybridized carbons (Fsp3) is 0.837. The normalized spacial score (nSPS) is 15.9. The highest BCUT2D eigenvalue weighted by molar-refractivity contribution is 7.45. The lowest BCUT2D eigenvalue weighted by atomic mass is 10.0. The average molecular weight is 787 g/mol. The van der Waals surface area contributed by atoms with Crippen LogP contribution >= 0.6 is 7.82 Å². The Morgan fingerprint density at radius 3 is 1.74 bits per heavy atom. The maximum atomic E-state index is 12.9. The number of nitrogens with zero attached hydrogens (tertiary/aromatic N) is 1. The molecule has 54 heavy (non-hydrogen) atoms. The number of hydrogen-bond donors (Lipinski definition) is 4. The smallest absolute Gasteiger partial charge is 0.268 e. The lowest BCUT2D eigenvalue weighted by Crippen LogP contribution is -2.46. The molecule has 0 aliphatic carbocycles. The van der Waals surface area contributed by atoms with E-state index in [1.54, 1.807) is 0 Å². The Bertz CT molecular complexity index is 1020. The van der Waals surface area contributed by atoms with Crippen molar-refractivity contribution in [3.63, 3.8) is 0 Å². The largest absolute Gasteiger partial charge is 0.756 e. The Balaban J connectivity index is 4.67. The second-order valence-electron chi connectivity index (χ2n) is 16.0. The van der Waals surface area contributed by atoms with E-state index in [4.69, 9.17) is 9.05 Å². The second kappa shape index (κ2) is 34.9. The number of rotatable bonds is 38. The number of phosphoric ester groups is 1. The summed E-state index contributed by atoms with van der Waals surface area (Å²) in [7, 11) is 1.12. The number of carbonyl (C=O) groups is 1. The van der Waals surface area contributed by atoms with Gasteiger partial charge >= 0.3 is 0 Å². The van der Waals surface area contributed by atoms with Crippen molar-refractivity contribution in [2.45, 2.75) is 192 Å². The Labute approximate surface area is 331 Å². The lowest BCUT2D eigenvalue weighted by Gasteiger charge is -2.30. The third kappa shape index (κ3) is 35.1. The van der Waals surface area contributed by atoms with E-state index in [1.807, 2.05) is 33.3 Å². The van der Waals surface area contributed by atoms with Gasteiger partial charge in [-0.3, -0.25) is 9.36 Å². The van der Waals surface area contributed by atoms with Crippen LogP contribution in [-0.4, -0.2) is 91.0 Å². The maximum Gasteiger partial charge on any atom is 0.268 e. The van der Waals surface area contributed by atoms with Crippen molar-refractivity contribution in [2.24, 2.45) is 0 Å². The van der Waals surface area contributed by atoms with Gasteiger partial charge < -0.3 is 39.1 Å². The minimum atomic E-state index is -4.64. The van der Waals surface area contributed by atoms with E-state index in [9.17, 15) is 29.6 Å². The number of amides is 1. The van der Waals surface area contributed by atoms with Crippen LogP contribution in [0, 0.1) is 0 Å². The van der Waals surface area contributed by atoms with Gasteiger partial charge in [0.1, 0.15) is 13.2 Å². The summed E-state index contributed by atoms with van der Waals surface area (Å²) in [5, 5.41) is 34.6. The Morgan fingerprint density at radius 1 is 0.667 bits per heavy atom. The van der Waals surface area contributed by atoms with E-state index in [0.717, 1.165) is 44.9 Å². The Hall–Kier alpha value is -1.36. The molecular weight excluding hydrogens is 703 g/mol. The molecular formula is C43H83N2O8P. The van der Waals surface area contributed by atoms with Gasteiger partial charge in [-0.1, -0.05) is 147 Å². The van der Waals surface area contributed by atoms with Gasteiger partial charge in [-0.05, 0) is 51.4 Å². The van der Waals surface area contributed by atoms with Gasteiger partial charge in [-0.2, -0.15) is 0 Å². The molecule has 5 atom stereocenters. The van der Waals surface area contributed by atoms with Crippen molar-refractivity contribution in [3.05, 3.63) is 36.5 Å². The van der Waals surface area contributed by atoms with Gasteiger partial charge in [0.15, 0.2) is 0 Å². The fourth-order valence-electron chi connectivity index (χ4n) is 5.96. The zero-order valence-electron chi connectivity index (χ0n) is 35.1. The van der Waals surface area contributed by atoms with Crippen molar-refractivity contribution in [1.29, 1.82) is 0 Å². The highest BCUT2D eigenvalue weighted by Gasteiger charge is 2.25. The van der Waals surface area contributed by atoms with E-state index in [-0.39, 0.29) is 25.4 Å². The number of hydrogen-bond acceptors (Lipinski definition) is 8. The molecule has 10 nitrogen and oxygen atoms in total. The highest BCUT2D eigenvalue weighted by Crippen LogP contribution is 2.38. The first-order chi connectivity index (χ1) is 25.8. The van der Waals surface area contributed by atoms with Gasteiger partial charge in [-0.15, -0.1) is 0 Å². The van der Waals surface area contributed by atoms with Gasteiger partial charge in [0.2, 0.25) is 5.91 Å². The van der Waals surface area contributed by atoms with Crippen LogP contribution in [0.3, 0.4) is 0 Å². The molecule has 0 aliphatic heterocycles. The van der Waals surface area contributed by atoms with Crippen molar-refractivity contribution in [2.75, 3.05) is 40.9 Å². The molecule has 0 saturated heterocycles. The number of aliphatic hydroxyl groups is 3. The average Bonchev–Trinajstić information content (AvgIpc) is 3.11. The monoisotopic (exact) mass is 787 g/mol. The number of carbonyl (C=O) groups excluding carboxylic acids is 1. The molecule has 0 rings (SSSR count). The molecule has 0 heterocycles. The third-order valence-corrected chi connectivity index (χ3v) is 10.5. The summed E-state index contributed by atoms with van der Waals surface area (Å²) in [6, 6.07) is -0.935. The molecule has 0 radical (unpaired) electrons. The molecule has 0 aromatic rings. The van der Waals surface area contributed by atoms with Gasteiger partial charge in [0.05, 0.1) is 52.1 Å². The first-order valence-electron chi connectivity index (χ1n) is 21.5. The first kappa shape index (κ1) is 52.6. The summed E-state index contributed by atoms with van der Waals surface area (Å²) in [6.45, 7) is 4.43. The number of allylic oxidation sites excluding steroid dienone is 5. The van der Waals surface area contributed by atoms with E-state index in [1.165, 1.54) is 77.0 Å². The van der Waals surface area contributed by atoms with Crippen LogP contribution in [-0.2, 0) is 18.4 Å². The van der Waals surface area contributed by atoms with Crippen LogP contribution in [0.25, 0.3) is 0 Å². The fourth-order valence-corrected chi connectivity index (χ4v) is 6.69. The van der Waals surface area contributed by atoms with Crippen LogP contribution in [0.5, 0.6) is 0 Å². The standard InChI is InChI=1S/C43H83N2O8P/c1-6-8-10-12-14-16-18-20-22-23-25-27-29-32-40(46)39(38-53-54(50,51)52-37-36-45(3,4)5)44-43(49)35-31-34-42(48)41(47)33-30-28-26-24-21-19-17-15-13-11-9-7-2/h15,17,21,24,28,30,39-42,46-48H,6-14,16,18-20,22-23,25-27,29,31-38H2,1-5H3,(H-,44,49,50,51)/b17-15-,24-21-,30-28-/t39-,40+,41?,42?/m0/s1. The molecule has 0 aliphatic rings. The zero-order valence-corrected chi connectivity index (χ0v) is 36.0. The van der Waals surface area contributed by atoms with Crippen molar-refractivity contribution >= 4 is 13.7 Å². The minimum absolute atomic E-state index is 0.0407. The summed E-state index contributed by atoms with van der Waals surface area (Å²) in [5.74, 6) is -0.385. The molecule has 0 aromatic carbocycles. The maximum absolute atomic E-state index is 12.9. The quantitative estimate of drug-likeness (QED) is 0.0210. The first-order valence-corrected chi connectivity index (χ1v) is 23.0.